The topological polar surface area (TPSA) is 35.5 Å². The normalized spacial score (nSPS) is 15.5. The Morgan fingerprint density at radius 2 is 1.88 bits per heavy atom. The highest BCUT2D eigenvalue weighted by molar-refractivity contribution is 4.84. The molecule has 17 heavy (non-hydrogen) atoms. The highest BCUT2D eigenvalue weighted by Gasteiger charge is 2.24. The summed E-state index contributed by atoms with van der Waals surface area (Å²) in [5.41, 5.74) is -0.145. The summed E-state index contributed by atoms with van der Waals surface area (Å²) in [5, 5.41) is 13.0. The second kappa shape index (κ2) is 8.90. The molecule has 0 fully saturated rings. The van der Waals surface area contributed by atoms with Crippen molar-refractivity contribution in [1.29, 1.82) is 0 Å². The molecule has 0 aliphatic carbocycles. The third-order valence-electron chi connectivity index (χ3n) is 3.24. The summed E-state index contributed by atoms with van der Waals surface area (Å²) in [5.74, 6) is 0. The standard InChI is InChI=1S/C14H32N2O/c1-6-8-10-16(7-2)11-9-14(5,12-17)15-13(3)4/h13,15,17H,6-12H2,1-5H3. The maximum atomic E-state index is 9.51. The minimum absolute atomic E-state index is 0.145. The molecule has 0 bridgehead atoms. The van der Waals surface area contributed by atoms with Crippen molar-refractivity contribution >= 4 is 0 Å². The van der Waals surface area contributed by atoms with Crippen LogP contribution in [0, 0.1) is 0 Å². The summed E-state index contributed by atoms with van der Waals surface area (Å²) in [6, 6.07) is 0.415. The van der Waals surface area contributed by atoms with Gasteiger partial charge in [0.15, 0.2) is 0 Å². The van der Waals surface area contributed by atoms with E-state index in [4.69, 9.17) is 0 Å². The summed E-state index contributed by atoms with van der Waals surface area (Å²) in [6.45, 7) is 14.4. The lowest BCUT2D eigenvalue weighted by Gasteiger charge is -2.33. The summed E-state index contributed by atoms with van der Waals surface area (Å²) in [7, 11) is 0. The van der Waals surface area contributed by atoms with Crippen LogP contribution < -0.4 is 5.32 Å². The number of aliphatic hydroxyl groups is 1. The van der Waals surface area contributed by atoms with Crippen molar-refractivity contribution in [1.82, 2.24) is 10.2 Å². The van der Waals surface area contributed by atoms with Crippen LogP contribution in [0.2, 0.25) is 0 Å². The van der Waals surface area contributed by atoms with Gasteiger partial charge in [0.25, 0.3) is 0 Å². The van der Waals surface area contributed by atoms with Gasteiger partial charge in [-0.3, -0.25) is 0 Å². The van der Waals surface area contributed by atoms with Crippen molar-refractivity contribution in [3.63, 3.8) is 0 Å². The summed E-state index contributed by atoms with van der Waals surface area (Å²) < 4.78 is 0. The number of hydrogen-bond acceptors (Lipinski definition) is 3. The van der Waals surface area contributed by atoms with E-state index in [1.807, 2.05) is 0 Å². The fraction of sp³-hybridized carbons (Fsp3) is 1.00. The molecule has 0 aromatic rings. The van der Waals surface area contributed by atoms with Gasteiger partial charge in [0.05, 0.1) is 6.61 Å². The minimum Gasteiger partial charge on any atom is -0.394 e. The average molecular weight is 244 g/mol. The van der Waals surface area contributed by atoms with Crippen molar-refractivity contribution in [2.75, 3.05) is 26.2 Å². The number of hydrogen-bond donors (Lipinski definition) is 2. The molecule has 0 amide bonds. The molecule has 0 saturated carbocycles. The Labute approximate surface area is 108 Å². The van der Waals surface area contributed by atoms with Gasteiger partial charge in [0.1, 0.15) is 0 Å². The van der Waals surface area contributed by atoms with Gasteiger partial charge in [-0.2, -0.15) is 0 Å². The first-order chi connectivity index (χ1) is 7.97. The van der Waals surface area contributed by atoms with Gasteiger partial charge >= 0.3 is 0 Å². The van der Waals surface area contributed by atoms with Crippen LogP contribution in [0.15, 0.2) is 0 Å². The Morgan fingerprint density at radius 1 is 1.24 bits per heavy atom. The summed E-state index contributed by atoms with van der Waals surface area (Å²) in [4.78, 5) is 2.47. The second-order valence-corrected chi connectivity index (χ2v) is 5.56. The molecule has 3 nitrogen and oxygen atoms in total. The molecular weight excluding hydrogens is 212 g/mol. The Morgan fingerprint density at radius 3 is 2.29 bits per heavy atom. The van der Waals surface area contributed by atoms with Gasteiger partial charge in [-0.15, -0.1) is 0 Å². The first-order valence-corrected chi connectivity index (χ1v) is 7.08. The van der Waals surface area contributed by atoms with Crippen LogP contribution in [0.4, 0.5) is 0 Å². The molecule has 0 saturated heterocycles. The van der Waals surface area contributed by atoms with Crippen molar-refractivity contribution in [3.05, 3.63) is 0 Å². The number of nitrogens with zero attached hydrogens (tertiary/aromatic N) is 1. The highest BCUT2D eigenvalue weighted by Crippen LogP contribution is 2.11. The van der Waals surface area contributed by atoms with E-state index >= 15 is 0 Å². The van der Waals surface area contributed by atoms with E-state index in [1.165, 1.54) is 19.4 Å². The van der Waals surface area contributed by atoms with Crippen molar-refractivity contribution in [3.8, 4) is 0 Å². The molecule has 0 aromatic carbocycles. The van der Waals surface area contributed by atoms with E-state index < -0.39 is 0 Å². The number of rotatable bonds is 10. The van der Waals surface area contributed by atoms with E-state index in [2.05, 4.69) is 44.8 Å². The first kappa shape index (κ1) is 16.9. The van der Waals surface area contributed by atoms with E-state index in [0.717, 1.165) is 19.5 Å². The van der Waals surface area contributed by atoms with Crippen LogP contribution in [-0.4, -0.2) is 47.8 Å². The highest BCUT2D eigenvalue weighted by atomic mass is 16.3. The number of nitrogens with one attached hydrogen (secondary N) is 1. The van der Waals surface area contributed by atoms with Crippen LogP contribution in [0.3, 0.4) is 0 Å². The predicted octanol–water partition coefficient (Wildman–Crippen LogP) is 2.25. The molecule has 2 N–H and O–H groups in total. The Kier molecular flexibility index (Phi) is 8.83. The largest absolute Gasteiger partial charge is 0.394 e. The zero-order chi connectivity index (χ0) is 13.3. The average Bonchev–Trinajstić information content (AvgIpc) is 2.28. The summed E-state index contributed by atoms with van der Waals surface area (Å²) in [6.07, 6.45) is 3.51. The SMILES string of the molecule is CCCCN(CC)CCC(C)(CO)NC(C)C. The van der Waals surface area contributed by atoms with Crippen LogP contribution in [0.25, 0.3) is 0 Å². The number of unbranched alkanes of at least 4 members (excludes halogenated alkanes) is 1. The molecule has 1 unspecified atom stereocenters. The third-order valence-corrected chi connectivity index (χ3v) is 3.24. The van der Waals surface area contributed by atoms with Crippen LogP contribution >= 0.6 is 0 Å². The van der Waals surface area contributed by atoms with Gasteiger partial charge in [0.2, 0.25) is 0 Å². The number of aliphatic hydroxyl groups excluding tert-OH is 1. The van der Waals surface area contributed by atoms with Crippen LogP contribution in [-0.2, 0) is 0 Å². The maximum Gasteiger partial charge on any atom is 0.0611 e. The second-order valence-electron chi connectivity index (χ2n) is 5.56. The fourth-order valence-electron chi connectivity index (χ4n) is 2.11. The Balaban J connectivity index is 4.09. The lowest BCUT2D eigenvalue weighted by molar-refractivity contribution is 0.138. The molecule has 3 heteroatoms. The molecule has 0 aliphatic rings. The molecule has 0 heterocycles. The zero-order valence-electron chi connectivity index (χ0n) is 12.4. The van der Waals surface area contributed by atoms with Gasteiger partial charge in [-0.25, -0.2) is 0 Å². The minimum atomic E-state index is -0.145. The van der Waals surface area contributed by atoms with E-state index in [-0.39, 0.29) is 12.1 Å². The quantitative estimate of drug-likeness (QED) is 0.619. The summed E-state index contributed by atoms with van der Waals surface area (Å²) >= 11 is 0. The fourth-order valence-corrected chi connectivity index (χ4v) is 2.11. The molecule has 0 spiro atoms. The monoisotopic (exact) mass is 244 g/mol. The molecule has 104 valence electrons. The van der Waals surface area contributed by atoms with E-state index in [1.54, 1.807) is 0 Å². The predicted molar refractivity (Wildman–Crippen MR) is 75.4 cm³/mol. The van der Waals surface area contributed by atoms with Crippen LogP contribution in [0.1, 0.15) is 53.9 Å². The molecule has 0 radical (unpaired) electrons. The third kappa shape index (κ3) is 7.74. The lowest BCUT2D eigenvalue weighted by atomic mass is 9.97. The van der Waals surface area contributed by atoms with E-state index in [0.29, 0.717) is 6.04 Å². The lowest BCUT2D eigenvalue weighted by Crippen LogP contribution is -2.50. The first-order valence-electron chi connectivity index (χ1n) is 7.08. The maximum absolute atomic E-state index is 9.51. The van der Waals surface area contributed by atoms with Gasteiger partial charge in [-0.1, -0.05) is 34.1 Å². The van der Waals surface area contributed by atoms with Crippen molar-refractivity contribution in [2.24, 2.45) is 0 Å². The Hall–Kier alpha value is -0.120. The molecular formula is C14H32N2O. The smallest absolute Gasteiger partial charge is 0.0611 e. The molecule has 1 atom stereocenters. The zero-order valence-corrected chi connectivity index (χ0v) is 12.4. The molecule has 0 aliphatic heterocycles. The van der Waals surface area contributed by atoms with Crippen molar-refractivity contribution < 1.29 is 5.11 Å². The van der Waals surface area contributed by atoms with Crippen LogP contribution in [0.5, 0.6) is 0 Å². The van der Waals surface area contributed by atoms with Crippen molar-refractivity contribution in [2.45, 2.75) is 65.5 Å². The van der Waals surface area contributed by atoms with E-state index in [9.17, 15) is 5.11 Å². The van der Waals surface area contributed by atoms with Gasteiger partial charge < -0.3 is 15.3 Å². The molecule has 0 rings (SSSR count). The van der Waals surface area contributed by atoms with Gasteiger partial charge in [0, 0.05) is 11.6 Å². The van der Waals surface area contributed by atoms with Gasteiger partial charge in [-0.05, 0) is 39.4 Å². The Bertz CT molecular complexity index is 185. The molecule has 0 aromatic heterocycles.